The molecular formula is C22H25FN4O. The number of nitrogens with one attached hydrogen (secondary N) is 1. The summed E-state index contributed by atoms with van der Waals surface area (Å²) in [5.74, 6) is 0.816. The molecule has 1 atom stereocenters. The highest BCUT2D eigenvalue weighted by molar-refractivity contribution is 5.79. The molecule has 1 aliphatic heterocycles. The number of hydrogen-bond donors (Lipinski definition) is 1. The fourth-order valence-electron chi connectivity index (χ4n) is 3.99. The molecule has 0 spiro atoms. The summed E-state index contributed by atoms with van der Waals surface area (Å²) in [6.45, 7) is 4.95. The second-order valence-electron chi connectivity index (χ2n) is 7.30. The molecule has 3 aromatic rings. The minimum atomic E-state index is -0.254. The van der Waals surface area contributed by atoms with Crippen molar-refractivity contribution in [2.24, 2.45) is 5.92 Å². The van der Waals surface area contributed by atoms with Crippen LogP contribution in [-0.2, 0) is 11.3 Å². The number of likely N-dealkylation sites (tertiary alicyclic amines) is 1. The van der Waals surface area contributed by atoms with Gasteiger partial charge in [-0.05, 0) is 62.7 Å². The van der Waals surface area contributed by atoms with Crippen molar-refractivity contribution in [3.63, 3.8) is 0 Å². The van der Waals surface area contributed by atoms with E-state index in [4.69, 9.17) is 4.98 Å². The number of halogens is 1. The highest BCUT2D eigenvalue weighted by Gasteiger charge is 2.26. The Morgan fingerprint density at radius 1 is 1.21 bits per heavy atom. The highest BCUT2D eigenvalue weighted by atomic mass is 19.1. The predicted octanol–water partition coefficient (Wildman–Crippen LogP) is 3.51. The average molecular weight is 380 g/mol. The molecule has 28 heavy (non-hydrogen) atoms. The molecule has 0 aliphatic carbocycles. The molecule has 0 saturated carbocycles. The first-order chi connectivity index (χ1) is 13.7. The molecule has 1 N–H and O–H groups in total. The topological polar surface area (TPSA) is 50.2 Å². The van der Waals surface area contributed by atoms with Gasteiger partial charge in [-0.15, -0.1) is 0 Å². The largest absolute Gasteiger partial charge is 0.356 e. The van der Waals surface area contributed by atoms with Gasteiger partial charge in [0.15, 0.2) is 0 Å². The first kappa shape index (κ1) is 18.6. The van der Waals surface area contributed by atoms with Gasteiger partial charge >= 0.3 is 0 Å². The summed E-state index contributed by atoms with van der Waals surface area (Å²) in [4.78, 5) is 19.4. The minimum absolute atomic E-state index is 0.0253. The lowest BCUT2D eigenvalue weighted by molar-refractivity contribution is -0.126. The Hall–Kier alpha value is -2.73. The van der Waals surface area contributed by atoms with Crippen molar-refractivity contribution in [3.8, 4) is 5.69 Å². The second-order valence-corrected chi connectivity index (χ2v) is 7.30. The van der Waals surface area contributed by atoms with Gasteiger partial charge in [0.2, 0.25) is 5.91 Å². The van der Waals surface area contributed by atoms with Crippen LogP contribution < -0.4 is 5.32 Å². The van der Waals surface area contributed by atoms with Crippen molar-refractivity contribution in [3.05, 3.63) is 60.2 Å². The van der Waals surface area contributed by atoms with Crippen molar-refractivity contribution in [2.75, 3.05) is 19.6 Å². The van der Waals surface area contributed by atoms with Crippen molar-refractivity contribution in [2.45, 2.75) is 26.3 Å². The number of fused-ring (bicyclic) bond motifs is 1. The van der Waals surface area contributed by atoms with Crippen LogP contribution in [-0.4, -0.2) is 40.0 Å². The van der Waals surface area contributed by atoms with E-state index in [1.54, 1.807) is 12.1 Å². The number of carbonyl (C=O) groups is 1. The number of hydrogen-bond acceptors (Lipinski definition) is 3. The third-order valence-electron chi connectivity index (χ3n) is 5.31. The normalized spacial score (nSPS) is 17.7. The third-order valence-corrected chi connectivity index (χ3v) is 5.31. The van der Waals surface area contributed by atoms with Crippen molar-refractivity contribution >= 4 is 16.9 Å². The van der Waals surface area contributed by atoms with Crippen LogP contribution in [0.5, 0.6) is 0 Å². The molecule has 2 heterocycles. The van der Waals surface area contributed by atoms with Gasteiger partial charge in [-0.1, -0.05) is 12.1 Å². The van der Waals surface area contributed by atoms with E-state index in [0.717, 1.165) is 48.5 Å². The first-order valence-corrected chi connectivity index (χ1v) is 9.88. The van der Waals surface area contributed by atoms with Crippen LogP contribution in [0.2, 0.25) is 0 Å². The monoisotopic (exact) mass is 380 g/mol. The van der Waals surface area contributed by atoms with Crippen LogP contribution in [0.3, 0.4) is 0 Å². The smallest absolute Gasteiger partial charge is 0.224 e. The van der Waals surface area contributed by atoms with E-state index in [1.807, 2.05) is 31.2 Å². The van der Waals surface area contributed by atoms with Crippen LogP contribution in [0.15, 0.2) is 48.5 Å². The molecule has 6 heteroatoms. The molecular weight excluding hydrogens is 355 g/mol. The van der Waals surface area contributed by atoms with E-state index < -0.39 is 0 Å². The molecule has 5 nitrogen and oxygen atoms in total. The Balaban J connectivity index is 1.64. The van der Waals surface area contributed by atoms with Crippen molar-refractivity contribution < 1.29 is 9.18 Å². The Labute approximate surface area is 164 Å². The number of para-hydroxylation sites is 2. The van der Waals surface area contributed by atoms with E-state index in [2.05, 4.69) is 14.8 Å². The number of imidazole rings is 1. The maximum absolute atomic E-state index is 13.4. The zero-order valence-electron chi connectivity index (χ0n) is 16.1. The van der Waals surface area contributed by atoms with Crippen LogP contribution in [0.4, 0.5) is 4.39 Å². The van der Waals surface area contributed by atoms with E-state index in [0.29, 0.717) is 13.1 Å². The third kappa shape index (κ3) is 3.78. The Morgan fingerprint density at radius 2 is 2.00 bits per heavy atom. The molecule has 0 bridgehead atoms. The van der Waals surface area contributed by atoms with Gasteiger partial charge in [-0.2, -0.15) is 0 Å². The number of benzene rings is 2. The number of piperidine rings is 1. The molecule has 1 saturated heterocycles. The molecule has 146 valence electrons. The Kier molecular flexibility index (Phi) is 5.39. The summed E-state index contributed by atoms with van der Waals surface area (Å²) < 4.78 is 15.5. The van der Waals surface area contributed by atoms with Gasteiger partial charge in [0.1, 0.15) is 11.6 Å². The number of amides is 1. The van der Waals surface area contributed by atoms with E-state index in [-0.39, 0.29) is 17.6 Å². The standard InChI is InChI=1S/C22H25FN4O/c1-2-24-22(28)16-6-5-13-26(14-16)15-21-25-19-7-3-4-8-20(19)27(21)18-11-9-17(23)10-12-18/h3-4,7-12,16H,2,5-6,13-15H2,1H3,(H,24,28)/t16-/m1/s1. The lowest BCUT2D eigenvalue weighted by Crippen LogP contribution is -2.42. The zero-order chi connectivity index (χ0) is 19.5. The molecule has 0 radical (unpaired) electrons. The summed E-state index contributed by atoms with van der Waals surface area (Å²) in [5.41, 5.74) is 2.81. The van der Waals surface area contributed by atoms with Gasteiger partial charge in [0.25, 0.3) is 0 Å². The second kappa shape index (κ2) is 8.10. The van der Waals surface area contributed by atoms with Crippen LogP contribution in [0.1, 0.15) is 25.6 Å². The maximum atomic E-state index is 13.4. The first-order valence-electron chi connectivity index (χ1n) is 9.88. The summed E-state index contributed by atoms with van der Waals surface area (Å²) in [7, 11) is 0. The number of nitrogens with zero attached hydrogens (tertiary/aromatic N) is 3. The van der Waals surface area contributed by atoms with Gasteiger partial charge in [-0.3, -0.25) is 14.3 Å². The van der Waals surface area contributed by atoms with Gasteiger partial charge in [0, 0.05) is 18.8 Å². The lowest BCUT2D eigenvalue weighted by atomic mass is 9.97. The SMILES string of the molecule is CCNC(=O)[C@@H]1CCCN(Cc2nc3ccccc3n2-c2ccc(F)cc2)C1. The molecule has 2 aromatic carbocycles. The summed E-state index contributed by atoms with van der Waals surface area (Å²) in [6, 6.07) is 14.5. The van der Waals surface area contributed by atoms with Crippen LogP contribution in [0.25, 0.3) is 16.7 Å². The molecule has 0 unspecified atom stereocenters. The maximum Gasteiger partial charge on any atom is 0.224 e. The number of carbonyl (C=O) groups excluding carboxylic acids is 1. The van der Waals surface area contributed by atoms with Gasteiger partial charge in [0.05, 0.1) is 23.5 Å². The number of rotatable bonds is 5. The van der Waals surface area contributed by atoms with Gasteiger partial charge in [-0.25, -0.2) is 9.37 Å². The van der Waals surface area contributed by atoms with Gasteiger partial charge < -0.3 is 5.32 Å². The minimum Gasteiger partial charge on any atom is -0.356 e. The highest BCUT2D eigenvalue weighted by Crippen LogP contribution is 2.25. The summed E-state index contributed by atoms with van der Waals surface area (Å²) in [6.07, 6.45) is 1.93. The molecule has 1 aromatic heterocycles. The molecule has 1 amide bonds. The van der Waals surface area contributed by atoms with E-state index >= 15 is 0 Å². The van der Waals surface area contributed by atoms with Crippen molar-refractivity contribution in [1.82, 2.24) is 19.8 Å². The number of aromatic nitrogens is 2. The molecule has 1 fully saturated rings. The Bertz CT molecular complexity index is 966. The average Bonchev–Trinajstić information content (AvgIpc) is 3.07. The fraction of sp³-hybridized carbons (Fsp3) is 0.364. The van der Waals surface area contributed by atoms with Crippen LogP contribution >= 0.6 is 0 Å². The van der Waals surface area contributed by atoms with Crippen LogP contribution in [0, 0.1) is 11.7 Å². The zero-order valence-corrected chi connectivity index (χ0v) is 16.1. The predicted molar refractivity (Wildman–Crippen MR) is 108 cm³/mol. The van der Waals surface area contributed by atoms with E-state index in [1.165, 1.54) is 12.1 Å². The lowest BCUT2D eigenvalue weighted by Gasteiger charge is -2.31. The Morgan fingerprint density at radius 3 is 2.79 bits per heavy atom. The fourth-order valence-corrected chi connectivity index (χ4v) is 3.99. The van der Waals surface area contributed by atoms with E-state index in [9.17, 15) is 9.18 Å². The molecule has 1 aliphatic rings. The summed E-state index contributed by atoms with van der Waals surface area (Å²) in [5, 5.41) is 2.94. The van der Waals surface area contributed by atoms with Crippen molar-refractivity contribution in [1.29, 1.82) is 0 Å². The molecule has 4 rings (SSSR count). The quantitative estimate of drug-likeness (QED) is 0.737. The summed E-state index contributed by atoms with van der Waals surface area (Å²) >= 11 is 0.